The van der Waals surface area contributed by atoms with E-state index in [0.29, 0.717) is 5.56 Å². The Balaban J connectivity index is 2.13. The van der Waals surface area contributed by atoms with Gasteiger partial charge in [-0.2, -0.15) is 0 Å². The molecule has 0 radical (unpaired) electrons. The van der Waals surface area contributed by atoms with Crippen molar-refractivity contribution < 1.29 is 9.59 Å². The Labute approximate surface area is 162 Å². The van der Waals surface area contributed by atoms with Crippen molar-refractivity contribution in [2.24, 2.45) is 5.73 Å². The minimum atomic E-state index is -1.77. The third-order valence-corrected chi connectivity index (χ3v) is 9.79. The van der Waals surface area contributed by atoms with Crippen molar-refractivity contribution in [2.75, 3.05) is 0 Å². The normalized spacial score (nSPS) is 12.8. The molecule has 0 aliphatic heterocycles. The van der Waals surface area contributed by atoms with E-state index in [-0.39, 0.29) is 17.4 Å². The Morgan fingerprint density at radius 1 is 1.11 bits per heavy atom. The van der Waals surface area contributed by atoms with Gasteiger partial charge < -0.3 is 11.1 Å². The van der Waals surface area contributed by atoms with Crippen molar-refractivity contribution in [2.45, 2.75) is 51.4 Å². The highest BCUT2D eigenvalue weighted by atomic mass is 28.3. The lowest BCUT2D eigenvalue weighted by atomic mass is 10.1. The van der Waals surface area contributed by atoms with Gasteiger partial charge in [0.15, 0.2) is 0 Å². The highest BCUT2D eigenvalue weighted by Gasteiger charge is 2.33. The second kappa shape index (κ2) is 7.97. The molecule has 0 aliphatic carbocycles. The van der Waals surface area contributed by atoms with E-state index >= 15 is 0 Å². The van der Waals surface area contributed by atoms with Crippen LogP contribution < -0.4 is 11.1 Å². The molecule has 142 valence electrons. The molecule has 2 amide bonds. The molecule has 0 spiro atoms. The molecule has 0 aromatic heterocycles. The van der Waals surface area contributed by atoms with Gasteiger partial charge in [0.25, 0.3) is 5.91 Å². The number of benzene rings is 2. The Hall–Kier alpha value is -2.58. The lowest BCUT2D eigenvalue weighted by Crippen LogP contribution is -2.44. The first-order valence-electron chi connectivity index (χ1n) is 9.10. The quantitative estimate of drug-likeness (QED) is 0.624. The van der Waals surface area contributed by atoms with Crippen LogP contribution in [0.15, 0.2) is 42.5 Å². The molecule has 2 rings (SSSR count). The molecular weight excluding hydrogens is 352 g/mol. The molecule has 0 saturated heterocycles. The Morgan fingerprint density at radius 3 is 2.33 bits per heavy atom. The summed E-state index contributed by atoms with van der Waals surface area (Å²) in [6, 6.07) is 12.4. The summed E-state index contributed by atoms with van der Waals surface area (Å²) >= 11 is 0. The van der Waals surface area contributed by atoms with Crippen LogP contribution in [0.5, 0.6) is 0 Å². The number of hydrogen-bond acceptors (Lipinski definition) is 2. The number of nitrogens with two attached hydrogens (primary N) is 1. The Morgan fingerprint density at radius 2 is 1.74 bits per heavy atom. The fourth-order valence-electron chi connectivity index (χ4n) is 2.36. The minimum Gasteiger partial charge on any atom is -0.368 e. The smallest absolute Gasteiger partial charge is 0.251 e. The molecule has 3 N–H and O–H groups in total. The molecule has 0 bridgehead atoms. The van der Waals surface area contributed by atoms with Crippen LogP contribution in [0.2, 0.25) is 18.1 Å². The highest BCUT2D eigenvalue weighted by molar-refractivity contribution is 6.87. The third kappa shape index (κ3) is 5.21. The van der Waals surface area contributed by atoms with Gasteiger partial charge in [-0.3, -0.25) is 9.59 Å². The standard InChI is InChI=1S/C22H28N2O2Si/c1-22(2,3)27(4,5)14-8-11-19(20(23)25)24-21(26)18-13-12-16-9-6-7-10-17(16)15-18/h6-7,9-10,12-13,15,19H,11H2,1-5H3,(H2,23,25)(H,24,26)/t19-/m0/s1. The summed E-state index contributed by atoms with van der Waals surface area (Å²) in [5.41, 5.74) is 9.33. The van der Waals surface area contributed by atoms with E-state index in [4.69, 9.17) is 5.73 Å². The molecule has 0 aliphatic rings. The summed E-state index contributed by atoms with van der Waals surface area (Å²) in [6.07, 6.45) is 0.223. The number of fused-ring (bicyclic) bond motifs is 1. The van der Waals surface area contributed by atoms with Crippen LogP contribution in [-0.2, 0) is 4.79 Å². The SMILES string of the molecule is CC(C)(C)[Si](C)(C)C#CC[C@H](NC(=O)c1ccc2ccccc2c1)C(N)=O. The average Bonchev–Trinajstić information content (AvgIpc) is 2.59. The predicted molar refractivity (Wildman–Crippen MR) is 114 cm³/mol. The van der Waals surface area contributed by atoms with Gasteiger partial charge in [0.1, 0.15) is 14.1 Å². The summed E-state index contributed by atoms with van der Waals surface area (Å²) in [6.45, 7) is 10.9. The van der Waals surface area contributed by atoms with Crippen molar-refractivity contribution in [3.8, 4) is 11.5 Å². The molecule has 2 aromatic rings. The first kappa shape index (κ1) is 20.7. The molecule has 0 heterocycles. The summed E-state index contributed by atoms with van der Waals surface area (Å²) in [4.78, 5) is 24.3. The van der Waals surface area contributed by atoms with Crippen molar-refractivity contribution in [3.05, 3.63) is 48.0 Å². The first-order chi connectivity index (χ1) is 12.5. The van der Waals surface area contributed by atoms with Gasteiger partial charge in [0.05, 0.1) is 0 Å². The summed E-state index contributed by atoms with van der Waals surface area (Å²) in [7, 11) is -1.77. The van der Waals surface area contributed by atoms with Crippen molar-refractivity contribution >= 4 is 30.7 Å². The number of rotatable bonds is 4. The van der Waals surface area contributed by atoms with Crippen LogP contribution in [0.4, 0.5) is 0 Å². The number of carbonyl (C=O) groups excluding carboxylic acids is 2. The molecular formula is C22H28N2O2Si. The predicted octanol–water partition coefficient (Wildman–Crippen LogP) is 3.86. The van der Waals surface area contributed by atoms with Crippen LogP contribution >= 0.6 is 0 Å². The van der Waals surface area contributed by atoms with Gasteiger partial charge >= 0.3 is 0 Å². The van der Waals surface area contributed by atoms with Crippen LogP contribution in [0, 0.1) is 11.5 Å². The minimum absolute atomic E-state index is 0.135. The van der Waals surface area contributed by atoms with E-state index in [2.05, 4.69) is 50.6 Å². The molecule has 27 heavy (non-hydrogen) atoms. The van der Waals surface area contributed by atoms with E-state index in [1.807, 2.05) is 36.4 Å². The van der Waals surface area contributed by atoms with E-state index < -0.39 is 20.0 Å². The second-order valence-electron chi connectivity index (χ2n) is 8.37. The summed E-state index contributed by atoms with van der Waals surface area (Å²) in [5, 5.41) is 4.88. The molecule has 4 nitrogen and oxygen atoms in total. The van der Waals surface area contributed by atoms with Crippen LogP contribution in [0.3, 0.4) is 0 Å². The van der Waals surface area contributed by atoms with Gasteiger partial charge in [0.2, 0.25) is 5.91 Å². The first-order valence-corrected chi connectivity index (χ1v) is 12.1. The zero-order valence-corrected chi connectivity index (χ0v) is 17.7. The van der Waals surface area contributed by atoms with E-state index in [0.717, 1.165) is 10.8 Å². The lowest BCUT2D eigenvalue weighted by Gasteiger charge is -2.31. The summed E-state index contributed by atoms with van der Waals surface area (Å²) in [5.74, 6) is 2.20. The zero-order valence-electron chi connectivity index (χ0n) is 16.7. The van der Waals surface area contributed by atoms with Gasteiger partial charge in [-0.1, -0.05) is 64.2 Å². The molecule has 0 unspecified atom stereocenters. The van der Waals surface area contributed by atoms with Gasteiger partial charge in [-0.05, 0) is 27.9 Å². The maximum Gasteiger partial charge on any atom is 0.251 e. The highest BCUT2D eigenvalue weighted by Crippen LogP contribution is 2.35. The Bertz CT molecular complexity index is 917. The van der Waals surface area contributed by atoms with Crippen LogP contribution in [-0.4, -0.2) is 25.9 Å². The second-order valence-corrected chi connectivity index (χ2v) is 13.4. The van der Waals surface area contributed by atoms with E-state index in [1.54, 1.807) is 6.07 Å². The third-order valence-electron chi connectivity index (χ3n) is 5.24. The van der Waals surface area contributed by atoms with E-state index in [9.17, 15) is 9.59 Å². The topological polar surface area (TPSA) is 72.2 Å². The van der Waals surface area contributed by atoms with Crippen molar-refractivity contribution in [3.63, 3.8) is 0 Å². The molecule has 1 atom stereocenters. The van der Waals surface area contributed by atoms with Gasteiger partial charge in [-0.15, -0.1) is 11.5 Å². The monoisotopic (exact) mass is 380 g/mol. The number of carbonyl (C=O) groups is 2. The van der Waals surface area contributed by atoms with Crippen LogP contribution in [0.1, 0.15) is 37.6 Å². The number of amides is 2. The number of primary amides is 1. The van der Waals surface area contributed by atoms with Gasteiger partial charge in [0, 0.05) is 12.0 Å². The maximum atomic E-state index is 12.6. The van der Waals surface area contributed by atoms with E-state index in [1.165, 1.54) is 0 Å². The van der Waals surface area contributed by atoms with Crippen molar-refractivity contribution in [1.82, 2.24) is 5.32 Å². The van der Waals surface area contributed by atoms with Gasteiger partial charge in [-0.25, -0.2) is 0 Å². The lowest BCUT2D eigenvalue weighted by molar-refractivity contribution is -0.119. The maximum absolute atomic E-state index is 12.6. The number of nitrogens with one attached hydrogen (secondary N) is 1. The van der Waals surface area contributed by atoms with Crippen LogP contribution in [0.25, 0.3) is 10.8 Å². The molecule has 0 saturated carbocycles. The largest absolute Gasteiger partial charge is 0.368 e. The number of hydrogen-bond donors (Lipinski definition) is 2. The fraction of sp³-hybridized carbons (Fsp3) is 0.364. The molecule has 2 aromatic carbocycles. The van der Waals surface area contributed by atoms with Crippen molar-refractivity contribution in [1.29, 1.82) is 0 Å². The summed E-state index contributed by atoms with van der Waals surface area (Å²) < 4.78 is 0. The Kier molecular flexibility index (Phi) is 6.12. The fourth-order valence-corrected chi connectivity index (χ4v) is 3.28. The molecule has 0 fully saturated rings. The zero-order chi connectivity index (χ0) is 20.2. The average molecular weight is 381 g/mol. The molecule has 5 heteroatoms.